The van der Waals surface area contributed by atoms with E-state index in [1.807, 2.05) is 79.7 Å². The molecular formula is C32H52N2. The standard InChI is InChI=1S/C25H32N2.C3H8.2C2H6/c1-10-22(27)19(9)24(17(6)7)25(23(15(2)3)16(4)5)21-12-11-20(14-26)13-18(21)8;1-3-2;2*1-2/h10-13,25H,2,6,27H2,1,3-5,7-9H3;3H2,1-2H3;2*1-2H3/b22-10+,24-19+;;;. The molecule has 0 bridgehead atoms. The van der Waals surface area contributed by atoms with Gasteiger partial charge in [0, 0.05) is 11.6 Å². The molecule has 0 fully saturated rings. The molecule has 190 valence electrons. The molecule has 1 aromatic rings. The van der Waals surface area contributed by atoms with Crippen molar-refractivity contribution in [3.05, 3.63) is 93.3 Å². The summed E-state index contributed by atoms with van der Waals surface area (Å²) >= 11 is 0. The third kappa shape index (κ3) is 10.9. The van der Waals surface area contributed by atoms with Crippen LogP contribution in [0.2, 0.25) is 0 Å². The smallest absolute Gasteiger partial charge is 0.0991 e. The lowest BCUT2D eigenvalue weighted by Gasteiger charge is -2.30. The van der Waals surface area contributed by atoms with E-state index < -0.39 is 0 Å². The number of hydrogen-bond donors (Lipinski definition) is 1. The third-order valence-electron chi connectivity index (χ3n) is 4.89. The second-order valence-electron chi connectivity index (χ2n) is 8.08. The third-order valence-corrected chi connectivity index (χ3v) is 4.89. The normalized spacial score (nSPS) is 11.5. The first-order valence-corrected chi connectivity index (χ1v) is 12.6. The number of nitrogens with two attached hydrogens (primary N) is 1. The number of rotatable bonds is 6. The van der Waals surface area contributed by atoms with Gasteiger partial charge in [-0.1, -0.05) is 90.0 Å². The quantitative estimate of drug-likeness (QED) is 0.426. The van der Waals surface area contributed by atoms with Gasteiger partial charge < -0.3 is 5.73 Å². The largest absolute Gasteiger partial charge is 0.399 e. The Bertz CT molecular complexity index is 911. The molecule has 2 N–H and O–H groups in total. The van der Waals surface area contributed by atoms with E-state index in [0.717, 1.165) is 39.1 Å². The van der Waals surface area contributed by atoms with Gasteiger partial charge in [0.2, 0.25) is 0 Å². The Morgan fingerprint density at radius 3 is 1.71 bits per heavy atom. The minimum Gasteiger partial charge on any atom is -0.399 e. The highest BCUT2D eigenvalue weighted by Crippen LogP contribution is 2.43. The summed E-state index contributed by atoms with van der Waals surface area (Å²) in [5.41, 5.74) is 16.5. The number of nitrogens with zero attached hydrogens (tertiary/aromatic N) is 1. The summed E-state index contributed by atoms with van der Waals surface area (Å²) in [5, 5.41) is 9.25. The van der Waals surface area contributed by atoms with E-state index >= 15 is 0 Å². The Balaban J connectivity index is -0.00000124. The SMILES string of the molecule is C=C(C)C(=C(C)C)C(/C(C(=C)C)=C(C)/C(N)=C\C)c1ccc(C#N)cc1C.CC.CC.CCC. The molecule has 0 amide bonds. The van der Waals surface area contributed by atoms with Crippen LogP contribution in [0.15, 0.2) is 76.6 Å². The first-order chi connectivity index (χ1) is 16.0. The lowest BCUT2D eigenvalue weighted by molar-refractivity contribution is 0.890. The van der Waals surface area contributed by atoms with E-state index in [2.05, 4.69) is 53.8 Å². The fraction of sp³-hybridized carbons (Fsp3) is 0.469. The molecule has 2 nitrogen and oxygen atoms in total. The van der Waals surface area contributed by atoms with Crippen molar-refractivity contribution in [3.63, 3.8) is 0 Å². The van der Waals surface area contributed by atoms with Gasteiger partial charge in [0.1, 0.15) is 0 Å². The van der Waals surface area contributed by atoms with Gasteiger partial charge in [-0.3, -0.25) is 0 Å². The summed E-state index contributed by atoms with van der Waals surface area (Å²) in [6.07, 6.45) is 3.17. The van der Waals surface area contributed by atoms with Crippen molar-refractivity contribution in [1.29, 1.82) is 5.26 Å². The number of aryl methyl sites for hydroxylation is 1. The van der Waals surface area contributed by atoms with Gasteiger partial charge in [-0.25, -0.2) is 0 Å². The number of hydrogen-bond acceptors (Lipinski definition) is 2. The van der Waals surface area contributed by atoms with Crippen LogP contribution in [0.4, 0.5) is 0 Å². The zero-order chi connectivity index (χ0) is 27.6. The van der Waals surface area contributed by atoms with E-state index in [1.54, 1.807) is 0 Å². The summed E-state index contributed by atoms with van der Waals surface area (Å²) in [6, 6.07) is 8.08. The minimum atomic E-state index is -0.0313. The molecule has 0 saturated carbocycles. The molecule has 0 aliphatic heterocycles. The van der Waals surface area contributed by atoms with Crippen LogP contribution in [-0.2, 0) is 0 Å². The maximum Gasteiger partial charge on any atom is 0.0991 e. The van der Waals surface area contributed by atoms with Crippen molar-refractivity contribution in [2.45, 2.75) is 102 Å². The predicted octanol–water partition coefficient (Wildman–Crippen LogP) is 10.1. The van der Waals surface area contributed by atoms with Gasteiger partial charge in [-0.2, -0.15) is 5.26 Å². The molecule has 0 heterocycles. The lowest BCUT2D eigenvalue weighted by Crippen LogP contribution is -2.15. The summed E-state index contributed by atoms with van der Waals surface area (Å²) in [5.74, 6) is -0.0313. The molecule has 0 aliphatic carbocycles. The zero-order valence-electron chi connectivity index (χ0n) is 24.5. The van der Waals surface area contributed by atoms with Gasteiger partial charge in [0.25, 0.3) is 0 Å². The van der Waals surface area contributed by atoms with Crippen LogP contribution in [0.5, 0.6) is 0 Å². The first-order valence-electron chi connectivity index (χ1n) is 12.6. The monoisotopic (exact) mass is 464 g/mol. The Morgan fingerprint density at radius 1 is 0.971 bits per heavy atom. The fourth-order valence-corrected chi connectivity index (χ4v) is 3.64. The predicted molar refractivity (Wildman–Crippen MR) is 156 cm³/mol. The van der Waals surface area contributed by atoms with Gasteiger partial charge in [0.05, 0.1) is 11.6 Å². The van der Waals surface area contributed by atoms with E-state index in [1.165, 1.54) is 17.6 Å². The molecule has 0 aliphatic rings. The highest BCUT2D eigenvalue weighted by molar-refractivity contribution is 5.58. The Kier molecular flexibility index (Phi) is 20.7. The second-order valence-corrected chi connectivity index (χ2v) is 8.08. The lowest BCUT2D eigenvalue weighted by atomic mass is 9.74. The molecule has 0 radical (unpaired) electrons. The Hall–Kier alpha value is -2.79. The van der Waals surface area contributed by atoms with Crippen LogP contribution < -0.4 is 5.73 Å². The molecule has 0 saturated heterocycles. The highest BCUT2D eigenvalue weighted by Gasteiger charge is 2.27. The van der Waals surface area contributed by atoms with Crippen molar-refractivity contribution in [1.82, 2.24) is 0 Å². The van der Waals surface area contributed by atoms with Gasteiger partial charge in [-0.15, -0.1) is 0 Å². The highest BCUT2D eigenvalue weighted by atomic mass is 14.6. The van der Waals surface area contributed by atoms with Crippen LogP contribution in [-0.4, -0.2) is 0 Å². The van der Waals surface area contributed by atoms with Gasteiger partial charge in [-0.05, 0) is 88.4 Å². The number of benzene rings is 1. The number of allylic oxidation sites excluding steroid dienone is 7. The maximum atomic E-state index is 9.25. The molecule has 0 aromatic heterocycles. The zero-order valence-corrected chi connectivity index (χ0v) is 24.5. The van der Waals surface area contributed by atoms with Crippen LogP contribution in [0.25, 0.3) is 0 Å². The van der Waals surface area contributed by atoms with Gasteiger partial charge in [0.15, 0.2) is 0 Å². The molecule has 1 aromatic carbocycles. The van der Waals surface area contributed by atoms with Crippen molar-refractivity contribution in [2.24, 2.45) is 5.73 Å². The summed E-state index contributed by atoms with van der Waals surface area (Å²) in [6.45, 7) is 35.1. The molecule has 2 heteroatoms. The Morgan fingerprint density at radius 2 is 1.41 bits per heavy atom. The molecule has 1 unspecified atom stereocenters. The van der Waals surface area contributed by atoms with E-state index in [0.29, 0.717) is 5.56 Å². The summed E-state index contributed by atoms with van der Waals surface area (Å²) in [4.78, 5) is 0. The molecular weight excluding hydrogens is 412 g/mol. The van der Waals surface area contributed by atoms with Crippen LogP contribution >= 0.6 is 0 Å². The average molecular weight is 465 g/mol. The van der Waals surface area contributed by atoms with Crippen LogP contribution in [0.3, 0.4) is 0 Å². The van der Waals surface area contributed by atoms with Gasteiger partial charge >= 0.3 is 0 Å². The summed E-state index contributed by atoms with van der Waals surface area (Å²) < 4.78 is 0. The van der Waals surface area contributed by atoms with Crippen LogP contribution in [0.1, 0.15) is 112 Å². The molecule has 0 spiro atoms. The molecule has 34 heavy (non-hydrogen) atoms. The summed E-state index contributed by atoms with van der Waals surface area (Å²) in [7, 11) is 0. The van der Waals surface area contributed by atoms with Crippen molar-refractivity contribution < 1.29 is 0 Å². The Labute approximate surface area is 212 Å². The van der Waals surface area contributed by atoms with Crippen molar-refractivity contribution in [3.8, 4) is 6.07 Å². The van der Waals surface area contributed by atoms with E-state index in [4.69, 9.17) is 5.73 Å². The average Bonchev–Trinajstić information content (AvgIpc) is 2.80. The minimum absolute atomic E-state index is 0.0313. The molecule has 1 atom stereocenters. The van der Waals surface area contributed by atoms with Crippen molar-refractivity contribution in [2.75, 3.05) is 0 Å². The van der Waals surface area contributed by atoms with Crippen LogP contribution in [0, 0.1) is 18.3 Å². The van der Waals surface area contributed by atoms with Crippen molar-refractivity contribution >= 4 is 0 Å². The number of nitriles is 1. The second kappa shape index (κ2) is 19.7. The fourth-order valence-electron chi connectivity index (χ4n) is 3.64. The molecule has 1 rings (SSSR count). The first kappa shape index (κ1) is 35.8. The topological polar surface area (TPSA) is 49.8 Å². The van der Waals surface area contributed by atoms with E-state index in [-0.39, 0.29) is 5.92 Å². The van der Waals surface area contributed by atoms with E-state index in [9.17, 15) is 5.26 Å². The maximum absolute atomic E-state index is 9.25.